The molecule has 0 aliphatic rings. The lowest BCUT2D eigenvalue weighted by molar-refractivity contribution is 0.0529. The zero-order chi connectivity index (χ0) is 17.1. The standard InChI is InChI=1S/C17H15ClN2O2S2/c1-3-22-16(21)12-9-23-15-13(12)14(18)19-17(20-15)24-8-11-7-5-4-6-10(11)2/h4-7,9H,3,8H2,1-2H3. The fourth-order valence-corrected chi connectivity index (χ4v) is 4.48. The number of carbonyl (C=O) groups is 1. The summed E-state index contributed by atoms with van der Waals surface area (Å²) in [5.74, 6) is 0.375. The van der Waals surface area contributed by atoms with Crippen molar-refractivity contribution < 1.29 is 9.53 Å². The van der Waals surface area contributed by atoms with Crippen molar-refractivity contribution in [2.75, 3.05) is 6.61 Å². The van der Waals surface area contributed by atoms with Crippen molar-refractivity contribution in [2.24, 2.45) is 0 Å². The van der Waals surface area contributed by atoms with Gasteiger partial charge in [0.15, 0.2) is 5.16 Å². The second-order valence-electron chi connectivity index (χ2n) is 5.06. The zero-order valence-corrected chi connectivity index (χ0v) is 15.6. The average Bonchev–Trinajstić information content (AvgIpc) is 2.99. The minimum absolute atomic E-state index is 0.289. The van der Waals surface area contributed by atoms with Crippen LogP contribution in [0.2, 0.25) is 5.15 Å². The van der Waals surface area contributed by atoms with E-state index in [-0.39, 0.29) is 5.15 Å². The van der Waals surface area contributed by atoms with Gasteiger partial charge >= 0.3 is 5.97 Å². The maximum absolute atomic E-state index is 12.0. The summed E-state index contributed by atoms with van der Waals surface area (Å²) in [6.07, 6.45) is 0. The molecule has 3 aromatic rings. The SMILES string of the molecule is CCOC(=O)c1csc2nc(SCc3ccccc3C)nc(Cl)c12. The molecular weight excluding hydrogens is 364 g/mol. The molecule has 0 saturated carbocycles. The van der Waals surface area contributed by atoms with Crippen LogP contribution in [-0.2, 0) is 10.5 Å². The van der Waals surface area contributed by atoms with Crippen LogP contribution in [0.1, 0.15) is 28.4 Å². The third-order valence-corrected chi connectivity index (χ3v) is 5.52. The highest BCUT2D eigenvalue weighted by Gasteiger charge is 2.19. The largest absolute Gasteiger partial charge is 0.462 e. The Balaban J connectivity index is 1.86. The van der Waals surface area contributed by atoms with Gasteiger partial charge in [-0.2, -0.15) is 0 Å². The molecule has 7 heteroatoms. The third-order valence-electron chi connectivity index (χ3n) is 3.48. The number of halogens is 1. The molecule has 2 heterocycles. The molecule has 0 unspecified atom stereocenters. The molecule has 124 valence electrons. The number of thioether (sulfide) groups is 1. The lowest BCUT2D eigenvalue weighted by Crippen LogP contribution is -2.04. The van der Waals surface area contributed by atoms with Crippen LogP contribution in [0.5, 0.6) is 0 Å². The number of nitrogens with zero attached hydrogens (tertiary/aromatic N) is 2. The lowest BCUT2D eigenvalue weighted by Gasteiger charge is -2.05. The first-order chi connectivity index (χ1) is 11.6. The van der Waals surface area contributed by atoms with Crippen LogP contribution in [0.4, 0.5) is 0 Å². The quantitative estimate of drug-likeness (QED) is 0.267. The summed E-state index contributed by atoms with van der Waals surface area (Å²) in [5.41, 5.74) is 2.90. The van der Waals surface area contributed by atoms with Gasteiger partial charge in [-0.15, -0.1) is 11.3 Å². The normalized spacial score (nSPS) is 11.0. The summed E-state index contributed by atoms with van der Waals surface area (Å²) < 4.78 is 5.05. The number of aryl methyl sites for hydroxylation is 1. The number of hydrogen-bond acceptors (Lipinski definition) is 6. The van der Waals surface area contributed by atoms with E-state index < -0.39 is 5.97 Å². The number of aromatic nitrogens is 2. The third kappa shape index (κ3) is 3.55. The van der Waals surface area contributed by atoms with Crippen molar-refractivity contribution in [3.63, 3.8) is 0 Å². The van der Waals surface area contributed by atoms with E-state index in [0.29, 0.717) is 27.5 Å². The highest BCUT2D eigenvalue weighted by Crippen LogP contribution is 2.33. The highest BCUT2D eigenvalue weighted by molar-refractivity contribution is 7.98. The predicted molar refractivity (Wildman–Crippen MR) is 99.1 cm³/mol. The fraction of sp³-hybridized carbons (Fsp3) is 0.235. The van der Waals surface area contributed by atoms with Crippen molar-refractivity contribution in [1.82, 2.24) is 9.97 Å². The molecule has 0 fully saturated rings. The molecule has 4 nitrogen and oxygen atoms in total. The van der Waals surface area contributed by atoms with Crippen molar-refractivity contribution >= 4 is 50.9 Å². The Morgan fingerprint density at radius 1 is 1.33 bits per heavy atom. The van der Waals surface area contributed by atoms with Gasteiger partial charge in [0, 0.05) is 11.1 Å². The molecule has 0 radical (unpaired) electrons. The summed E-state index contributed by atoms with van der Waals surface area (Å²) in [4.78, 5) is 21.5. The molecule has 0 saturated heterocycles. The van der Waals surface area contributed by atoms with E-state index in [9.17, 15) is 4.79 Å². The maximum atomic E-state index is 12.0. The number of ether oxygens (including phenoxy) is 1. The van der Waals surface area contributed by atoms with E-state index in [1.54, 1.807) is 12.3 Å². The molecular formula is C17H15ClN2O2S2. The number of esters is 1. The van der Waals surface area contributed by atoms with Crippen molar-refractivity contribution in [3.05, 3.63) is 51.5 Å². The van der Waals surface area contributed by atoms with Gasteiger partial charge in [0.05, 0.1) is 17.6 Å². The number of rotatable bonds is 5. The molecule has 1 aromatic carbocycles. The Kier molecular flexibility index (Phi) is 5.38. The molecule has 0 bridgehead atoms. The fourth-order valence-electron chi connectivity index (χ4n) is 2.22. The lowest BCUT2D eigenvalue weighted by atomic mass is 10.1. The van der Waals surface area contributed by atoms with Gasteiger partial charge in [0.25, 0.3) is 0 Å². The average molecular weight is 379 g/mol. The van der Waals surface area contributed by atoms with Crippen molar-refractivity contribution in [3.8, 4) is 0 Å². The van der Waals surface area contributed by atoms with E-state index in [1.165, 1.54) is 34.2 Å². The van der Waals surface area contributed by atoms with Crippen LogP contribution in [0.25, 0.3) is 10.2 Å². The zero-order valence-electron chi connectivity index (χ0n) is 13.2. The Hall–Kier alpha value is -1.63. The Bertz CT molecular complexity index is 895. The van der Waals surface area contributed by atoms with Gasteiger partial charge in [-0.25, -0.2) is 14.8 Å². The second-order valence-corrected chi connectivity index (χ2v) is 7.22. The summed E-state index contributed by atoms with van der Waals surface area (Å²) >= 11 is 9.20. The van der Waals surface area contributed by atoms with Gasteiger partial charge < -0.3 is 4.74 Å². The van der Waals surface area contributed by atoms with Crippen molar-refractivity contribution in [2.45, 2.75) is 24.8 Å². The van der Waals surface area contributed by atoms with Gasteiger partial charge in [-0.05, 0) is 25.0 Å². The molecule has 3 rings (SSSR count). The van der Waals surface area contributed by atoms with Crippen LogP contribution >= 0.6 is 34.7 Å². The topological polar surface area (TPSA) is 52.1 Å². The summed E-state index contributed by atoms with van der Waals surface area (Å²) in [6, 6.07) is 8.21. The monoisotopic (exact) mass is 378 g/mol. The maximum Gasteiger partial charge on any atom is 0.339 e. The van der Waals surface area contributed by atoms with E-state index in [4.69, 9.17) is 16.3 Å². The number of fused-ring (bicyclic) bond motifs is 1. The Morgan fingerprint density at radius 3 is 2.88 bits per heavy atom. The molecule has 2 aromatic heterocycles. The van der Waals surface area contributed by atoms with E-state index >= 15 is 0 Å². The molecule has 24 heavy (non-hydrogen) atoms. The first kappa shape index (κ1) is 17.2. The minimum atomic E-state index is -0.394. The molecule has 0 N–H and O–H groups in total. The predicted octanol–water partition coefficient (Wildman–Crippen LogP) is 5.12. The molecule has 0 aliphatic carbocycles. The summed E-state index contributed by atoms with van der Waals surface area (Å²) in [7, 11) is 0. The molecule has 0 atom stereocenters. The van der Waals surface area contributed by atoms with Gasteiger partial charge in [-0.1, -0.05) is 47.6 Å². The second kappa shape index (κ2) is 7.51. The van der Waals surface area contributed by atoms with Crippen LogP contribution < -0.4 is 0 Å². The minimum Gasteiger partial charge on any atom is -0.462 e. The van der Waals surface area contributed by atoms with Crippen LogP contribution in [0.3, 0.4) is 0 Å². The van der Waals surface area contributed by atoms with Gasteiger partial charge in [-0.3, -0.25) is 0 Å². The van der Waals surface area contributed by atoms with E-state index in [0.717, 1.165) is 5.75 Å². The van der Waals surface area contributed by atoms with E-state index in [1.807, 2.05) is 12.1 Å². The molecule has 0 spiro atoms. The highest BCUT2D eigenvalue weighted by atomic mass is 35.5. The Labute approximate surface area is 153 Å². The van der Waals surface area contributed by atoms with Gasteiger partial charge in [0.2, 0.25) is 0 Å². The first-order valence-electron chi connectivity index (χ1n) is 7.39. The summed E-state index contributed by atoms with van der Waals surface area (Å²) in [6.45, 7) is 4.17. The smallest absolute Gasteiger partial charge is 0.339 e. The van der Waals surface area contributed by atoms with Gasteiger partial charge in [0.1, 0.15) is 9.98 Å². The molecule has 0 amide bonds. The number of benzene rings is 1. The van der Waals surface area contributed by atoms with Crippen LogP contribution in [0, 0.1) is 6.92 Å². The van der Waals surface area contributed by atoms with E-state index in [2.05, 4.69) is 29.0 Å². The van der Waals surface area contributed by atoms with Crippen LogP contribution in [0.15, 0.2) is 34.8 Å². The number of carbonyl (C=O) groups excluding carboxylic acids is 1. The number of hydrogen-bond donors (Lipinski definition) is 0. The molecule has 0 aliphatic heterocycles. The first-order valence-corrected chi connectivity index (χ1v) is 9.63. The Morgan fingerprint density at radius 2 is 2.12 bits per heavy atom. The van der Waals surface area contributed by atoms with Crippen molar-refractivity contribution in [1.29, 1.82) is 0 Å². The summed E-state index contributed by atoms with van der Waals surface area (Å²) in [5, 5.41) is 3.18. The number of thiophene rings is 1. The van der Waals surface area contributed by atoms with Crippen LogP contribution in [-0.4, -0.2) is 22.5 Å².